The van der Waals surface area contributed by atoms with Crippen molar-refractivity contribution in [3.63, 3.8) is 0 Å². The molecular weight excluding hydrogens is 474 g/mol. The number of fused-ring (bicyclic) bond motifs is 1. The average molecular weight is 502 g/mol. The number of amides is 1. The van der Waals surface area contributed by atoms with Gasteiger partial charge in [0.05, 0.1) is 7.11 Å². The number of hydrogen-bond donors (Lipinski definition) is 1. The number of esters is 1. The van der Waals surface area contributed by atoms with Crippen LogP contribution in [-0.2, 0) is 9.53 Å². The summed E-state index contributed by atoms with van der Waals surface area (Å²) < 4.78 is 21.5. The molecule has 4 aromatic rings. The third-order valence-corrected chi connectivity index (χ3v) is 5.37. The molecule has 0 saturated carbocycles. The molecule has 0 fully saturated rings. The van der Waals surface area contributed by atoms with Crippen molar-refractivity contribution in [2.75, 3.05) is 7.11 Å². The van der Waals surface area contributed by atoms with Crippen molar-refractivity contribution in [2.45, 2.75) is 32.4 Å². The van der Waals surface area contributed by atoms with Crippen LogP contribution >= 0.6 is 0 Å². The molecule has 1 unspecified atom stereocenters. The Labute approximate surface area is 213 Å². The summed E-state index contributed by atoms with van der Waals surface area (Å²) in [7, 11) is 1.58. The summed E-state index contributed by atoms with van der Waals surface area (Å²) in [5.74, 6) is 0.114. The quantitative estimate of drug-likeness (QED) is 0.207. The Morgan fingerprint density at radius 1 is 0.892 bits per heavy atom. The lowest BCUT2D eigenvalue weighted by molar-refractivity contribution is -0.137. The number of ether oxygens (including phenoxy) is 3. The van der Waals surface area contributed by atoms with Crippen molar-refractivity contribution >= 4 is 23.0 Å². The second kappa shape index (κ2) is 10.6. The van der Waals surface area contributed by atoms with E-state index in [1.54, 1.807) is 82.5 Å². The first-order valence-corrected chi connectivity index (χ1v) is 11.6. The predicted molar refractivity (Wildman–Crippen MR) is 139 cm³/mol. The highest BCUT2D eigenvalue weighted by Crippen LogP contribution is 2.31. The fraction of sp³-hybridized carbons (Fsp3) is 0.207. The van der Waals surface area contributed by atoms with Gasteiger partial charge in [-0.2, -0.15) is 0 Å². The molecule has 1 aromatic heterocycles. The maximum absolute atomic E-state index is 13.2. The molecule has 0 aliphatic carbocycles. The summed E-state index contributed by atoms with van der Waals surface area (Å²) >= 11 is 0. The van der Waals surface area contributed by atoms with Crippen LogP contribution in [0.15, 0.2) is 88.1 Å². The fourth-order valence-corrected chi connectivity index (χ4v) is 3.74. The molecule has 8 heteroatoms. The maximum atomic E-state index is 13.2. The number of rotatable bonds is 6. The van der Waals surface area contributed by atoms with E-state index in [4.69, 9.17) is 18.6 Å². The molecule has 190 valence electrons. The third-order valence-electron chi connectivity index (χ3n) is 5.37. The smallest absolute Gasteiger partial charge is 0.408 e. The van der Waals surface area contributed by atoms with Gasteiger partial charge >= 0.3 is 17.7 Å². The summed E-state index contributed by atoms with van der Waals surface area (Å²) in [6, 6.07) is 21.0. The number of methoxy groups -OCH3 is 1. The van der Waals surface area contributed by atoms with Gasteiger partial charge in [-0.3, -0.25) is 0 Å². The first-order chi connectivity index (χ1) is 17.6. The van der Waals surface area contributed by atoms with Crippen molar-refractivity contribution in [1.29, 1.82) is 0 Å². The molecule has 0 aliphatic rings. The minimum absolute atomic E-state index is 0.152. The monoisotopic (exact) mass is 501 g/mol. The first kappa shape index (κ1) is 25.5. The van der Waals surface area contributed by atoms with E-state index in [1.807, 2.05) is 12.1 Å². The summed E-state index contributed by atoms with van der Waals surface area (Å²) in [4.78, 5) is 37.9. The van der Waals surface area contributed by atoms with Gasteiger partial charge in [0.2, 0.25) is 0 Å². The van der Waals surface area contributed by atoms with E-state index in [9.17, 15) is 14.4 Å². The highest BCUT2D eigenvalue weighted by atomic mass is 16.6. The molecular formula is C29H27NO7. The van der Waals surface area contributed by atoms with Gasteiger partial charge in [-0.25, -0.2) is 14.4 Å². The lowest BCUT2D eigenvalue weighted by Crippen LogP contribution is -2.39. The second-order valence-electron chi connectivity index (χ2n) is 9.28. The Hall–Kier alpha value is -4.59. The van der Waals surface area contributed by atoms with Crippen LogP contribution < -0.4 is 20.4 Å². The van der Waals surface area contributed by atoms with Crippen molar-refractivity contribution < 1.29 is 28.2 Å². The molecule has 1 amide bonds. The Bertz CT molecular complexity index is 1470. The van der Waals surface area contributed by atoms with Gasteiger partial charge in [-0.15, -0.1) is 0 Å². The van der Waals surface area contributed by atoms with Gasteiger partial charge in [0, 0.05) is 17.5 Å². The topological polar surface area (TPSA) is 104 Å². The molecule has 1 N–H and O–H groups in total. The molecule has 0 radical (unpaired) electrons. The molecule has 0 spiro atoms. The van der Waals surface area contributed by atoms with Crippen molar-refractivity contribution in [1.82, 2.24) is 5.32 Å². The van der Waals surface area contributed by atoms with Gasteiger partial charge < -0.3 is 23.9 Å². The summed E-state index contributed by atoms with van der Waals surface area (Å²) in [5.41, 5.74) is 0.949. The highest BCUT2D eigenvalue weighted by Gasteiger charge is 2.27. The van der Waals surface area contributed by atoms with Crippen molar-refractivity contribution in [3.05, 3.63) is 94.8 Å². The van der Waals surface area contributed by atoms with Gasteiger partial charge in [-0.1, -0.05) is 42.5 Å². The van der Waals surface area contributed by atoms with E-state index in [2.05, 4.69) is 5.32 Å². The normalized spacial score (nSPS) is 12.0. The van der Waals surface area contributed by atoms with Crippen LogP contribution in [0.3, 0.4) is 0 Å². The maximum Gasteiger partial charge on any atom is 0.408 e. The number of carbonyl (C=O) groups is 2. The van der Waals surface area contributed by atoms with Crippen LogP contribution in [0.1, 0.15) is 32.4 Å². The number of carbonyl (C=O) groups excluding carboxylic acids is 2. The van der Waals surface area contributed by atoms with Crippen molar-refractivity contribution in [2.24, 2.45) is 0 Å². The minimum atomic E-state index is -1.12. The molecule has 0 saturated heterocycles. The predicted octanol–water partition coefficient (Wildman–Crippen LogP) is 5.64. The van der Waals surface area contributed by atoms with E-state index in [-0.39, 0.29) is 11.3 Å². The van der Waals surface area contributed by atoms with Gasteiger partial charge in [0.25, 0.3) is 0 Å². The zero-order valence-electron chi connectivity index (χ0n) is 20.9. The zero-order valence-corrected chi connectivity index (χ0v) is 20.9. The molecule has 3 aromatic carbocycles. The first-order valence-electron chi connectivity index (χ1n) is 11.6. The molecule has 1 heterocycles. The summed E-state index contributed by atoms with van der Waals surface area (Å²) in [6.45, 7) is 5.18. The Balaban J connectivity index is 1.63. The standard InChI is InChI=1S/C29H27NO7/c1-29(2,3)37-28(33)30-26(19-8-6-5-7-9-19)27(32)35-21-14-15-22-23(17-25(31)36-24(22)16-21)18-10-12-20(34-4)13-11-18/h5-17,26H,1-4H3,(H,30,33). The summed E-state index contributed by atoms with van der Waals surface area (Å²) in [6.07, 6.45) is -0.757. The molecule has 8 nitrogen and oxygen atoms in total. The van der Waals surface area contributed by atoms with Gasteiger partial charge in [0.1, 0.15) is 22.7 Å². The average Bonchev–Trinajstić information content (AvgIpc) is 2.86. The number of nitrogens with one attached hydrogen (secondary N) is 1. The number of alkyl carbamates (subject to hydrolysis) is 1. The molecule has 4 rings (SSSR count). The molecule has 0 bridgehead atoms. The third kappa shape index (κ3) is 6.35. The van der Waals surface area contributed by atoms with E-state index >= 15 is 0 Å². The number of hydrogen-bond acceptors (Lipinski definition) is 7. The molecule has 0 aliphatic heterocycles. The van der Waals surface area contributed by atoms with E-state index < -0.39 is 29.3 Å². The minimum Gasteiger partial charge on any atom is -0.497 e. The fourth-order valence-electron chi connectivity index (χ4n) is 3.74. The van der Waals surface area contributed by atoms with E-state index in [0.717, 1.165) is 5.56 Å². The number of benzene rings is 3. The Kier molecular flexibility index (Phi) is 7.29. The van der Waals surface area contributed by atoms with Crippen LogP contribution in [0.4, 0.5) is 4.79 Å². The summed E-state index contributed by atoms with van der Waals surface area (Å²) in [5, 5.41) is 3.24. The Morgan fingerprint density at radius 3 is 2.22 bits per heavy atom. The largest absolute Gasteiger partial charge is 0.497 e. The van der Waals surface area contributed by atoms with E-state index in [1.165, 1.54) is 12.1 Å². The highest BCUT2D eigenvalue weighted by molar-refractivity contribution is 5.94. The molecule has 37 heavy (non-hydrogen) atoms. The van der Waals surface area contributed by atoms with Gasteiger partial charge in [0.15, 0.2) is 6.04 Å². The zero-order chi connectivity index (χ0) is 26.6. The molecule has 1 atom stereocenters. The van der Waals surface area contributed by atoms with Crippen LogP contribution in [0, 0.1) is 0 Å². The lowest BCUT2D eigenvalue weighted by atomic mass is 10.0. The lowest BCUT2D eigenvalue weighted by Gasteiger charge is -2.23. The van der Waals surface area contributed by atoms with Crippen LogP contribution in [0.2, 0.25) is 0 Å². The van der Waals surface area contributed by atoms with Crippen LogP contribution in [0.5, 0.6) is 11.5 Å². The van der Waals surface area contributed by atoms with Gasteiger partial charge in [-0.05, 0) is 61.7 Å². The SMILES string of the molecule is COc1ccc(-c2cc(=O)oc3cc(OC(=O)C(NC(=O)OC(C)(C)C)c4ccccc4)ccc23)cc1. The van der Waals surface area contributed by atoms with E-state index in [0.29, 0.717) is 22.3 Å². The Morgan fingerprint density at radius 2 is 1.57 bits per heavy atom. The van der Waals surface area contributed by atoms with Crippen LogP contribution in [-0.4, -0.2) is 24.8 Å². The van der Waals surface area contributed by atoms with Crippen molar-refractivity contribution in [3.8, 4) is 22.6 Å². The second-order valence-corrected chi connectivity index (χ2v) is 9.28. The van der Waals surface area contributed by atoms with Crippen LogP contribution in [0.25, 0.3) is 22.1 Å².